The second kappa shape index (κ2) is 9.66. The molecule has 1 atom stereocenters. The number of rotatable bonds is 8. The van der Waals surface area contributed by atoms with Gasteiger partial charge >= 0.3 is 0 Å². The molecule has 6 nitrogen and oxygen atoms in total. The van der Waals surface area contributed by atoms with Crippen molar-refractivity contribution in [2.75, 3.05) is 11.8 Å². The van der Waals surface area contributed by atoms with E-state index in [4.69, 9.17) is 4.74 Å². The molecule has 0 fully saturated rings. The first-order valence-corrected chi connectivity index (χ1v) is 11.5. The Morgan fingerprint density at radius 2 is 1.68 bits per heavy atom. The standard InChI is InChI=1S/C24H26N2O4S/c1-4-22(18-8-6-5-7-9-18)25-24(27)19-11-10-17(2)23(16-19)26-31(28,29)21-14-12-20(30-3)13-15-21/h5-16,22,26H,4H2,1-3H3,(H,25,27)/t22-/m0/s1. The Labute approximate surface area is 183 Å². The van der Waals surface area contributed by atoms with Gasteiger partial charge in [-0.2, -0.15) is 0 Å². The van der Waals surface area contributed by atoms with E-state index in [1.54, 1.807) is 37.3 Å². The minimum absolute atomic E-state index is 0.109. The number of anilines is 1. The molecule has 0 heterocycles. The number of nitrogens with one attached hydrogen (secondary N) is 2. The third-order valence-electron chi connectivity index (χ3n) is 5.03. The van der Waals surface area contributed by atoms with E-state index in [0.29, 0.717) is 22.6 Å². The Morgan fingerprint density at radius 3 is 2.29 bits per heavy atom. The van der Waals surface area contributed by atoms with Crippen LogP contribution in [0.3, 0.4) is 0 Å². The Kier molecular flexibility index (Phi) is 6.97. The maximum Gasteiger partial charge on any atom is 0.261 e. The van der Waals surface area contributed by atoms with Gasteiger partial charge in [-0.3, -0.25) is 9.52 Å². The van der Waals surface area contributed by atoms with Crippen molar-refractivity contribution in [3.05, 3.63) is 89.5 Å². The number of ether oxygens (including phenoxy) is 1. The van der Waals surface area contributed by atoms with Crippen molar-refractivity contribution in [3.63, 3.8) is 0 Å². The highest BCUT2D eigenvalue weighted by Crippen LogP contribution is 2.24. The van der Waals surface area contributed by atoms with Crippen LogP contribution >= 0.6 is 0 Å². The summed E-state index contributed by atoms with van der Waals surface area (Å²) in [4.78, 5) is 13.0. The molecule has 7 heteroatoms. The Hall–Kier alpha value is -3.32. The molecule has 1 amide bonds. The number of amides is 1. The Morgan fingerprint density at radius 1 is 1.00 bits per heavy atom. The molecule has 0 spiro atoms. The van der Waals surface area contributed by atoms with E-state index < -0.39 is 10.0 Å². The zero-order chi connectivity index (χ0) is 22.4. The molecular weight excluding hydrogens is 412 g/mol. The molecule has 0 saturated carbocycles. The Bertz CT molecular complexity index is 1140. The quantitative estimate of drug-likeness (QED) is 0.535. The minimum Gasteiger partial charge on any atom is -0.497 e. The van der Waals surface area contributed by atoms with E-state index in [1.165, 1.54) is 19.2 Å². The second-order valence-electron chi connectivity index (χ2n) is 7.16. The molecule has 0 radical (unpaired) electrons. The fourth-order valence-electron chi connectivity index (χ4n) is 3.18. The lowest BCUT2D eigenvalue weighted by molar-refractivity contribution is 0.0935. The van der Waals surface area contributed by atoms with E-state index in [1.807, 2.05) is 37.3 Å². The highest BCUT2D eigenvalue weighted by molar-refractivity contribution is 7.92. The monoisotopic (exact) mass is 438 g/mol. The van der Waals surface area contributed by atoms with Crippen LogP contribution in [0.25, 0.3) is 0 Å². The SMILES string of the molecule is CC[C@H](NC(=O)c1ccc(C)c(NS(=O)(=O)c2ccc(OC)cc2)c1)c1ccccc1. The molecule has 0 bridgehead atoms. The number of methoxy groups -OCH3 is 1. The van der Waals surface area contributed by atoms with Crippen LogP contribution in [0.1, 0.15) is 40.9 Å². The molecule has 3 aromatic carbocycles. The normalized spacial score (nSPS) is 12.1. The van der Waals surface area contributed by atoms with E-state index in [0.717, 1.165) is 12.0 Å². The van der Waals surface area contributed by atoms with Crippen LogP contribution in [0.15, 0.2) is 77.7 Å². The fraction of sp³-hybridized carbons (Fsp3) is 0.208. The largest absolute Gasteiger partial charge is 0.497 e. The van der Waals surface area contributed by atoms with Gasteiger partial charge in [-0.25, -0.2) is 8.42 Å². The number of hydrogen-bond acceptors (Lipinski definition) is 4. The van der Waals surface area contributed by atoms with Gasteiger partial charge in [0.15, 0.2) is 0 Å². The van der Waals surface area contributed by atoms with Gasteiger partial charge in [0, 0.05) is 5.56 Å². The van der Waals surface area contributed by atoms with Crippen molar-refractivity contribution < 1.29 is 17.9 Å². The third-order valence-corrected chi connectivity index (χ3v) is 6.41. The summed E-state index contributed by atoms with van der Waals surface area (Å²) in [5.41, 5.74) is 2.47. The third kappa shape index (κ3) is 5.44. The summed E-state index contributed by atoms with van der Waals surface area (Å²) in [6.45, 7) is 3.79. The lowest BCUT2D eigenvalue weighted by Crippen LogP contribution is -2.28. The van der Waals surface area contributed by atoms with Crippen LogP contribution in [0.4, 0.5) is 5.69 Å². The summed E-state index contributed by atoms with van der Waals surface area (Å²) in [5, 5.41) is 3.02. The molecule has 162 valence electrons. The molecule has 3 rings (SSSR count). The molecule has 3 aromatic rings. The maximum atomic E-state index is 12.9. The van der Waals surface area contributed by atoms with Crippen molar-refractivity contribution in [3.8, 4) is 5.75 Å². The summed E-state index contributed by atoms with van der Waals surface area (Å²) in [6, 6.07) is 20.7. The molecule has 31 heavy (non-hydrogen) atoms. The molecule has 0 saturated heterocycles. The zero-order valence-electron chi connectivity index (χ0n) is 17.8. The summed E-state index contributed by atoms with van der Waals surface area (Å²) < 4.78 is 33.2. The van der Waals surface area contributed by atoms with Crippen molar-refractivity contribution in [1.82, 2.24) is 5.32 Å². The molecular formula is C24H26N2O4S. The van der Waals surface area contributed by atoms with Gasteiger partial charge in [-0.05, 0) is 60.9 Å². The molecule has 0 aliphatic heterocycles. The lowest BCUT2D eigenvalue weighted by Gasteiger charge is -2.18. The predicted molar refractivity (Wildman–Crippen MR) is 122 cm³/mol. The molecule has 0 aliphatic carbocycles. The molecule has 0 unspecified atom stereocenters. The number of hydrogen-bond donors (Lipinski definition) is 2. The van der Waals surface area contributed by atoms with Crippen LogP contribution in [0, 0.1) is 6.92 Å². The first kappa shape index (κ1) is 22.4. The molecule has 0 aromatic heterocycles. The van der Waals surface area contributed by atoms with E-state index in [-0.39, 0.29) is 16.8 Å². The zero-order valence-corrected chi connectivity index (χ0v) is 18.6. The lowest BCUT2D eigenvalue weighted by atomic mass is 10.0. The first-order valence-electron chi connectivity index (χ1n) is 9.97. The van der Waals surface area contributed by atoms with Gasteiger partial charge in [-0.1, -0.05) is 43.3 Å². The number of carbonyl (C=O) groups is 1. The van der Waals surface area contributed by atoms with Crippen molar-refractivity contribution >= 4 is 21.6 Å². The van der Waals surface area contributed by atoms with Crippen molar-refractivity contribution in [2.24, 2.45) is 0 Å². The first-order chi connectivity index (χ1) is 14.8. The van der Waals surface area contributed by atoms with Gasteiger partial charge in [0.1, 0.15) is 5.75 Å². The van der Waals surface area contributed by atoms with E-state index >= 15 is 0 Å². The summed E-state index contributed by atoms with van der Waals surface area (Å²) in [5.74, 6) is 0.304. The van der Waals surface area contributed by atoms with Crippen molar-refractivity contribution in [1.29, 1.82) is 0 Å². The number of aryl methyl sites for hydroxylation is 1. The van der Waals surface area contributed by atoms with Gasteiger partial charge < -0.3 is 10.1 Å². The topological polar surface area (TPSA) is 84.5 Å². The number of carbonyl (C=O) groups excluding carboxylic acids is 1. The molecule has 2 N–H and O–H groups in total. The average Bonchev–Trinajstić information content (AvgIpc) is 2.79. The molecule has 0 aliphatic rings. The van der Waals surface area contributed by atoms with Crippen LogP contribution in [0.2, 0.25) is 0 Å². The van der Waals surface area contributed by atoms with Gasteiger partial charge in [0.2, 0.25) is 0 Å². The van der Waals surface area contributed by atoms with Crippen molar-refractivity contribution in [2.45, 2.75) is 31.2 Å². The smallest absolute Gasteiger partial charge is 0.261 e. The van der Waals surface area contributed by atoms with Crippen LogP contribution in [-0.4, -0.2) is 21.4 Å². The highest BCUT2D eigenvalue weighted by Gasteiger charge is 2.18. The minimum atomic E-state index is -3.81. The summed E-state index contributed by atoms with van der Waals surface area (Å²) >= 11 is 0. The van der Waals surface area contributed by atoms with Gasteiger partial charge in [-0.15, -0.1) is 0 Å². The number of benzene rings is 3. The summed E-state index contributed by atoms with van der Waals surface area (Å²) in [7, 11) is -2.29. The Balaban J connectivity index is 1.81. The number of sulfonamides is 1. The van der Waals surface area contributed by atoms with E-state index in [2.05, 4.69) is 10.0 Å². The summed E-state index contributed by atoms with van der Waals surface area (Å²) in [6.07, 6.45) is 0.735. The van der Waals surface area contributed by atoms with Gasteiger partial charge in [0.05, 0.1) is 23.7 Å². The maximum absolute atomic E-state index is 12.9. The highest BCUT2D eigenvalue weighted by atomic mass is 32.2. The fourth-order valence-corrected chi connectivity index (χ4v) is 4.30. The second-order valence-corrected chi connectivity index (χ2v) is 8.84. The van der Waals surface area contributed by atoms with Gasteiger partial charge in [0.25, 0.3) is 15.9 Å². The van der Waals surface area contributed by atoms with Crippen LogP contribution in [0.5, 0.6) is 5.75 Å². The van der Waals surface area contributed by atoms with Crippen LogP contribution < -0.4 is 14.8 Å². The predicted octanol–water partition coefficient (Wildman–Crippen LogP) is 4.69. The van der Waals surface area contributed by atoms with Crippen LogP contribution in [-0.2, 0) is 10.0 Å². The van der Waals surface area contributed by atoms with E-state index in [9.17, 15) is 13.2 Å². The average molecular weight is 439 g/mol.